The fourth-order valence-corrected chi connectivity index (χ4v) is 2.21. The first-order valence-corrected chi connectivity index (χ1v) is 6.92. The molecule has 3 heterocycles. The highest BCUT2D eigenvalue weighted by Gasteiger charge is 2.36. The second-order valence-electron chi connectivity index (χ2n) is 4.81. The number of hydrogen-bond acceptors (Lipinski definition) is 5. The number of aryl methyl sites for hydroxylation is 1. The van der Waals surface area contributed by atoms with Gasteiger partial charge in [-0.1, -0.05) is 0 Å². The van der Waals surface area contributed by atoms with Crippen LogP contribution in [0.5, 0.6) is 0 Å². The summed E-state index contributed by atoms with van der Waals surface area (Å²) in [5.41, 5.74) is -0.344. The molecule has 0 radical (unpaired) electrons. The lowest BCUT2D eigenvalue weighted by atomic mass is 10.2. The Morgan fingerprint density at radius 3 is 2.78 bits per heavy atom. The maximum atomic E-state index is 13.0. The van der Waals surface area contributed by atoms with E-state index in [0.717, 1.165) is 0 Å². The average Bonchev–Trinajstić information content (AvgIpc) is 2.96. The van der Waals surface area contributed by atoms with Crippen LogP contribution in [0.25, 0.3) is 11.0 Å². The van der Waals surface area contributed by atoms with Crippen LogP contribution in [0.1, 0.15) is 18.2 Å². The molecule has 0 amide bonds. The Kier molecular flexibility index (Phi) is 3.85. The van der Waals surface area contributed by atoms with Crippen molar-refractivity contribution in [2.45, 2.75) is 26.2 Å². The second kappa shape index (κ2) is 5.82. The van der Waals surface area contributed by atoms with E-state index in [9.17, 15) is 13.2 Å². The summed E-state index contributed by atoms with van der Waals surface area (Å²) in [5.74, 6) is 0.431. The lowest BCUT2D eigenvalue weighted by molar-refractivity contribution is -0.142. The summed E-state index contributed by atoms with van der Waals surface area (Å²) >= 11 is 0. The van der Waals surface area contributed by atoms with Crippen LogP contribution in [-0.2, 0) is 19.3 Å². The second-order valence-corrected chi connectivity index (χ2v) is 4.81. The van der Waals surface area contributed by atoms with Crippen molar-refractivity contribution in [1.29, 1.82) is 0 Å². The van der Waals surface area contributed by atoms with E-state index in [1.54, 1.807) is 25.3 Å². The molecule has 0 aromatic carbocycles. The summed E-state index contributed by atoms with van der Waals surface area (Å²) in [4.78, 5) is 12.2. The average molecular weight is 322 g/mol. The number of fused-ring (bicyclic) bond motifs is 1. The number of alkyl halides is 3. The molecule has 120 valence electrons. The molecule has 3 rings (SSSR count). The summed E-state index contributed by atoms with van der Waals surface area (Å²) < 4.78 is 40.4. The minimum atomic E-state index is -4.49. The van der Waals surface area contributed by atoms with Gasteiger partial charge in [0.05, 0.1) is 5.39 Å². The fourth-order valence-electron chi connectivity index (χ4n) is 2.21. The van der Waals surface area contributed by atoms with Crippen molar-refractivity contribution in [3.05, 3.63) is 42.1 Å². The van der Waals surface area contributed by atoms with Crippen molar-refractivity contribution in [2.24, 2.45) is 0 Å². The van der Waals surface area contributed by atoms with Crippen LogP contribution in [0.3, 0.4) is 0 Å². The quantitative estimate of drug-likeness (QED) is 0.800. The molecule has 6 nitrogen and oxygen atoms in total. The van der Waals surface area contributed by atoms with Crippen molar-refractivity contribution in [2.75, 3.05) is 5.32 Å². The van der Waals surface area contributed by atoms with Crippen LogP contribution in [-0.4, -0.2) is 24.7 Å². The summed E-state index contributed by atoms with van der Waals surface area (Å²) in [6.07, 6.45) is -0.200. The highest BCUT2D eigenvalue weighted by molar-refractivity contribution is 5.85. The Labute approximate surface area is 129 Å². The summed E-state index contributed by atoms with van der Waals surface area (Å²) in [6, 6.07) is 3.47. The highest BCUT2D eigenvalue weighted by atomic mass is 19.4. The summed E-state index contributed by atoms with van der Waals surface area (Å²) in [7, 11) is 0. The number of halogens is 3. The molecule has 3 aromatic heterocycles. The van der Waals surface area contributed by atoms with Crippen molar-refractivity contribution >= 4 is 16.9 Å². The molecule has 9 heteroatoms. The topological polar surface area (TPSA) is 68.5 Å². The Morgan fingerprint density at radius 1 is 1.22 bits per heavy atom. The molecule has 0 saturated heterocycles. The van der Waals surface area contributed by atoms with Gasteiger partial charge in [-0.25, -0.2) is 15.0 Å². The minimum Gasteiger partial charge on any atom is -0.365 e. The van der Waals surface area contributed by atoms with Crippen molar-refractivity contribution < 1.29 is 13.2 Å². The summed E-state index contributed by atoms with van der Waals surface area (Å²) in [5, 5.41) is 7.14. The molecular weight excluding hydrogens is 309 g/mol. The number of hydrogen-bond donors (Lipinski definition) is 1. The van der Waals surface area contributed by atoms with E-state index >= 15 is 0 Å². The Balaban J connectivity index is 1.89. The maximum Gasteiger partial charge on any atom is 0.435 e. The van der Waals surface area contributed by atoms with Gasteiger partial charge in [0.2, 0.25) is 0 Å². The van der Waals surface area contributed by atoms with Gasteiger partial charge in [-0.15, -0.1) is 0 Å². The van der Waals surface area contributed by atoms with Gasteiger partial charge >= 0.3 is 6.18 Å². The van der Waals surface area contributed by atoms with Crippen molar-refractivity contribution in [3.8, 4) is 0 Å². The largest absolute Gasteiger partial charge is 0.435 e. The first-order valence-electron chi connectivity index (χ1n) is 6.92. The van der Waals surface area contributed by atoms with Gasteiger partial charge in [0.1, 0.15) is 12.1 Å². The van der Waals surface area contributed by atoms with Crippen molar-refractivity contribution in [3.63, 3.8) is 0 Å². The zero-order chi connectivity index (χ0) is 16.4. The van der Waals surface area contributed by atoms with Gasteiger partial charge in [0, 0.05) is 31.0 Å². The van der Waals surface area contributed by atoms with Gasteiger partial charge in [0.15, 0.2) is 11.3 Å². The number of pyridine rings is 1. The number of nitrogens with zero attached hydrogens (tertiary/aromatic N) is 5. The molecule has 0 aliphatic carbocycles. The van der Waals surface area contributed by atoms with Gasteiger partial charge < -0.3 is 5.32 Å². The normalized spacial score (nSPS) is 11.8. The van der Waals surface area contributed by atoms with E-state index < -0.39 is 11.9 Å². The van der Waals surface area contributed by atoms with Gasteiger partial charge in [-0.3, -0.25) is 4.68 Å². The molecule has 0 bridgehead atoms. The van der Waals surface area contributed by atoms with Gasteiger partial charge in [0.25, 0.3) is 0 Å². The molecule has 0 spiro atoms. The fraction of sp³-hybridized carbons (Fsp3) is 0.286. The summed E-state index contributed by atoms with van der Waals surface area (Å²) in [6.45, 7) is 2.05. The third kappa shape index (κ3) is 3.08. The van der Waals surface area contributed by atoms with E-state index in [1.165, 1.54) is 17.2 Å². The number of anilines is 1. The zero-order valence-corrected chi connectivity index (χ0v) is 12.2. The smallest absolute Gasteiger partial charge is 0.365 e. The SMILES string of the molecule is CCn1cc(CNc2ncnc3ncccc23)c(C(F)(F)F)n1. The molecule has 0 unspecified atom stereocenters. The van der Waals surface area contributed by atoms with Gasteiger partial charge in [-0.2, -0.15) is 18.3 Å². The van der Waals surface area contributed by atoms with Crippen LogP contribution in [0.15, 0.2) is 30.9 Å². The Morgan fingerprint density at radius 2 is 2.04 bits per heavy atom. The van der Waals surface area contributed by atoms with Gasteiger partial charge in [-0.05, 0) is 19.1 Å². The monoisotopic (exact) mass is 322 g/mol. The number of nitrogens with one attached hydrogen (secondary N) is 1. The molecule has 0 atom stereocenters. The third-order valence-electron chi connectivity index (χ3n) is 3.28. The lowest BCUT2D eigenvalue weighted by Crippen LogP contribution is -2.12. The predicted molar refractivity (Wildman–Crippen MR) is 77.6 cm³/mol. The van der Waals surface area contributed by atoms with E-state index in [2.05, 4.69) is 25.4 Å². The molecule has 0 fully saturated rings. The van der Waals surface area contributed by atoms with E-state index in [-0.39, 0.29) is 12.1 Å². The number of rotatable bonds is 4. The Hall–Kier alpha value is -2.71. The van der Waals surface area contributed by atoms with Crippen LogP contribution in [0.4, 0.5) is 19.0 Å². The van der Waals surface area contributed by atoms with Crippen LogP contribution < -0.4 is 5.32 Å². The zero-order valence-electron chi connectivity index (χ0n) is 12.2. The maximum absolute atomic E-state index is 13.0. The first-order chi connectivity index (χ1) is 11.0. The van der Waals surface area contributed by atoms with E-state index in [0.29, 0.717) is 23.4 Å². The molecule has 0 aliphatic heterocycles. The van der Waals surface area contributed by atoms with E-state index in [1.807, 2.05) is 0 Å². The minimum absolute atomic E-state index is 0.0458. The third-order valence-corrected chi connectivity index (χ3v) is 3.28. The highest BCUT2D eigenvalue weighted by Crippen LogP contribution is 2.31. The van der Waals surface area contributed by atoms with E-state index in [4.69, 9.17) is 0 Å². The van der Waals surface area contributed by atoms with Crippen LogP contribution >= 0.6 is 0 Å². The lowest BCUT2D eigenvalue weighted by Gasteiger charge is -2.09. The first kappa shape index (κ1) is 15.2. The molecule has 0 aliphatic rings. The van der Waals surface area contributed by atoms with Crippen molar-refractivity contribution in [1.82, 2.24) is 24.7 Å². The molecule has 0 saturated carbocycles. The molecule has 23 heavy (non-hydrogen) atoms. The molecule has 1 N–H and O–H groups in total. The van der Waals surface area contributed by atoms with Crippen LogP contribution in [0.2, 0.25) is 0 Å². The molecular formula is C14H13F3N6. The Bertz CT molecular complexity index is 821. The molecule has 3 aromatic rings. The standard InChI is InChI=1S/C14H13F3N6/c1-2-23-7-9(11(22-23)14(15,16)17)6-19-13-10-4-3-5-18-12(10)20-8-21-13/h3-5,7-8H,2,6H2,1H3,(H,18,19,20,21). The van der Waals surface area contributed by atoms with Crippen LogP contribution in [0, 0.1) is 0 Å². The number of aromatic nitrogens is 5. The predicted octanol–water partition coefficient (Wildman–Crippen LogP) is 2.87.